The van der Waals surface area contributed by atoms with E-state index in [0.717, 1.165) is 6.54 Å². The van der Waals surface area contributed by atoms with Crippen molar-refractivity contribution in [1.82, 2.24) is 5.32 Å². The summed E-state index contributed by atoms with van der Waals surface area (Å²) in [6.07, 6.45) is 0.206. The summed E-state index contributed by atoms with van der Waals surface area (Å²) in [5.41, 5.74) is 0.214. The molecule has 1 aliphatic rings. The molecule has 0 amide bonds. The zero-order chi connectivity index (χ0) is 8.70. The summed E-state index contributed by atoms with van der Waals surface area (Å²) in [5.74, 6) is 0. The fourth-order valence-corrected chi connectivity index (χ4v) is 1.22. The summed E-state index contributed by atoms with van der Waals surface area (Å²) in [5, 5.41) is 3.36. The molecule has 1 fully saturated rings. The van der Waals surface area contributed by atoms with Gasteiger partial charge in [0.2, 0.25) is 0 Å². The van der Waals surface area contributed by atoms with E-state index in [2.05, 4.69) is 39.9 Å². The normalized spacial score (nSPS) is 30.8. The lowest BCUT2D eigenvalue weighted by Crippen LogP contribution is -2.36. The zero-order valence-corrected chi connectivity index (χ0v) is 8.19. The third-order valence-corrected chi connectivity index (χ3v) is 1.94. The van der Waals surface area contributed by atoms with Gasteiger partial charge in [0.1, 0.15) is 6.23 Å². The molecule has 2 heteroatoms. The molecule has 0 aromatic heterocycles. The Morgan fingerprint density at radius 3 is 2.09 bits per heavy atom. The standard InChI is InChI=1S/C9H19NO/c1-8(2,3)7-10-6-9(4,5)11-7/h7,10H,6H2,1-5H3. The average Bonchev–Trinajstić information content (AvgIpc) is 2.07. The molecule has 1 heterocycles. The van der Waals surface area contributed by atoms with Gasteiger partial charge in [-0.25, -0.2) is 0 Å². The minimum Gasteiger partial charge on any atom is -0.356 e. The van der Waals surface area contributed by atoms with Crippen molar-refractivity contribution < 1.29 is 4.74 Å². The van der Waals surface area contributed by atoms with Gasteiger partial charge in [0, 0.05) is 12.0 Å². The number of hydrogen-bond acceptors (Lipinski definition) is 2. The molecule has 1 N–H and O–H groups in total. The van der Waals surface area contributed by atoms with E-state index in [9.17, 15) is 0 Å². The summed E-state index contributed by atoms with van der Waals surface area (Å²) < 4.78 is 5.80. The maximum Gasteiger partial charge on any atom is 0.113 e. The minimum atomic E-state index is 0.0119. The molecular formula is C9H19NO. The van der Waals surface area contributed by atoms with Gasteiger partial charge in [0.15, 0.2) is 0 Å². The largest absolute Gasteiger partial charge is 0.356 e. The highest BCUT2D eigenvalue weighted by atomic mass is 16.5. The van der Waals surface area contributed by atoms with Crippen molar-refractivity contribution in [3.63, 3.8) is 0 Å². The Morgan fingerprint density at radius 2 is 1.91 bits per heavy atom. The number of nitrogens with one attached hydrogen (secondary N) is 1. The van der Waals surface area contributed by atoms with Crippen LogP contribution in [0, 0.1) is 5.41 Å². The quantitative estimate of drug-likeness (QED) is 0.578. The Kier molecular flexibility index (Phi) is 2.01. The smallest absolute Gasteiger partial charge is 0.113 e. The second-order valence-electron chi connectivity index (χ2n) is 5.00. The topological polar surface area (TPSA) is 21.3 Å². The van der Waals surface area contributed by atoms with Crippen molar-refractivity contribution in [3.05, 3.63) is 0 Å². The van der Waals surface area contributed by atoms with Crippen LogP contribution in [0.1, 0.15) is 34.6 Å². The summed E-state index contributed by atoms with van der Waals surface area (Å²) >= 11 is 0. The Bertz CT molecular complexity index is 146. The third-order valence-electron chi connectivity index (χ3n) is 1.94. The van der Waals surface area contributed by atoms with Crippen LogP contribution < -0.4 is 5.32 Å². The molecule has 0 spiro atoms. The molecule has 66 valence electrons. The number of rotatable bonds is 0. The number of hydrogen-bond donors (Lipinski definition) is 1. The van der Waals surface area contributed by atoms with Crippen molar-refractivity contribution in [3.8, 4) is 0 Å². The molecule has 0 aromatic rings. The van der Waals surface area contributed by atoms with Crippen molar-refractivity contribution >= 4 is 0 Å². The Morgan fingerprint density at radius 1 is 1.36 bits per heavy atom. The van der Waals surface area contributed by atoms with E-state index >= 15 is 0 Å². The van der Waals surface area contributed by atoms with Crippen LogP contribution >= 0.6 is 0 Å². The maximum absolute atomic E-state index is 5.80. The molecule has 0 aliphatic carbocycles. The average molecular weight is 157 g/mol. The fraction of sp³-hybridized carbons (Fsp3) is 1.00. The lowest BCUT2D eigenvalue weighted by molar-refractivity contribution is -0.0632. The summed E-state index contributed by atoms with van der Waals surface area (Å²) in [7, 11) is 0. The Balaban J connectivity index is 2.55. The van der Waals surface area contributed by atoms with Crippen LogP contribution in [0.5, 0.6) is 0 Å². The summed E-state index contributed by atoms with van der Waals surface area (Å²) in [6, 6.07) is 0. The summed E-state index contributed by atoms with van der Waals surface area (Å²) in [4.78, 5) is 0. The van der Waals surface area contributed by atoms with Crippen molar-refractivity contribution in [2.45, 2.75) is 46.4 Å². The first-order valence-corrected chi connectivity index (χ1v) is 4.22. The SMILES string of the molecule is CC1(C)CNC(C(C)(C)C)O1. The first-order valence-electron chi connectivity index (χ1n) is 4.22. The van der Waals surface area contributed by atoms with Gasteiger partial charge in [-0.2, -0.15) is 0 Å². The second kappa shape index (κ2) is 2.46. The predicted octanol–water partition coefficient (Wildman–Crippen LogP) is 1.76. The van der Waals surface area contributed by atoms with Crippen molar-refractivity contribution in [1.29, 1.82) is 0 Å². The predicted molar refractivity (Wildman–Crippen MR) is 46.4 cm³/mol. The lowest BCUT2D eigenvalue weighted by Gasteiger charge is -2.28. The molecule has 1 saturated heterocycles. The van der Waals surface area contributed by atoms with Crippen molar-refractivity contribution in [2.24, 2.45) is 5.41 Å². The van der Waals surface area contributed by atoms with Crippen LogP contribution in [0.25, 0.3) is 0 Å². The van der Waals surface area contributed by atoms with Gasteiger partial charge in [-0.3, -0.25) is 5.32 Å². The highest BCUT2D eigenvalue weighted by Gasteiger charge is 2.37. The molecule has 1 aliphatic heterocycles. The Labute approximate surface area is 69.3 Å². The van der Waals surface area contributed by atoms with E-state index < -0.39 is 0 Å². The molecule has 1 rings (SSSR count). The fourth-order valence-electron chi connectivity index (χ4n) is 1.22. The lowest BCUT2D eigenvalue weighted by atomic mass is 9.94. The molecule has 0 radical (unpaired) electrons. The van der Waals surface area contributed by atoms with Crippen LogP contribution in [-0.2, 0) is 4.74 Å². The van der Waals surface area contributed by atoms with Gasteiger partial charge in [-0.05, 0) is 13.8 Å². The van der Waals surface area contributed by atoms with Gasteiger partial charge in [-0.15, -0.1) is 0 Å². The molecule has 11 heavy (non-hydrogen) atoms. The van der Waals surface area contributed by atoms with Gasteiger partial charge < -0.3 is 4.74 Å². The van der Waals surface area contributed by atoms with E-state index in [1.165, 1.54) is 0 Å². The zero-order valence-electron chi connectivity index (χ0n) is 8.19. The van der Waals surface area contributed by atoms with Crippen LogP contribution in [0.4, 0.5) is 0 Å². The van der Waals surface area contributed by atoms with Gasteiger partial charge in [-0.1, -0.05) is 20.8 Å². The molecule has 0 bridgehead atoms. The van der Waals surface area contributed by atoms with Gasteiger partial charge in [0.25, 0.3) is 0 Å². The van der Waals surface area contributed by atoms with Crippen molar-refractivity contribution in [2.75, 3.05) is 6.54 Å². The molecule has 1 atom stereocenters. The van der Waals surface area contributed by atoms with Gasteiger partial charge >= 0.3 is 0 Å². The molecule has 1 unspecified atom stereocenters. The van der Waals surface area contributed by atoms with E-state index in [1.54, 1.807) is 0 Å². The van der Waals surface area contributed by atoms with Gasteiger partial charge in [0.05, 0.1) is 5.60 Å². The van der Waals surface area contributed by atoms with Crippen LogP contribution in [0.15, 0.2) is 0 Å². The minimum absolute atomic E-state index is 0.0119. The summed E-state index contributed by atoms with van der Waals surface area (Å²) in [6.45, 7) is 11.7. The maximum atomic E-state index is 5.80. The highest BCUT2D eigenvalue weighted by Crippen LogP contribution is 2.28. The monoisotopic (exact) mass is 157 g/mol. The Hall–Kier alpha value is -0.0800. The third kappa shape index (κ3) is 2.17. The van der Waals surface area contributed by atoms with E-state index in [0.29, 0.717) is 0 Å². The molecule has 0 saturated carbocycles. The first-order chi connectivity index (χ1) is 4.81. The highest BCUT2D eigenvalue weighted by molar-refractivity contribution is 4.86. The first kappa shape index (κ1) is 9.01. The van der Waals surface area contributed by atoms with E-state index in [-0.39, 0.29) is 17.2 Å². The second-order valence-corrected chi connectivity index (χ2v) is 5.00. The molecular weight excluding hydrogens is 138 g/mol. The van der Waals surface area contributed by atoms with Crippen LogP contribution in [0.2, 0.25) is 0 Å². The molecule has 0 aromatic carbocycles. The van der Waals surface area contributed by atoms with E-state index in [1.807, 2.05) is 0 Å². The van der Waals surface area contributed by atoms with E-state index in [4.69, 9.17) is 4.74 Å². The van der Waals surface area contributed by atoms with Crippen LogP contribution in [-0.4, -0.2) is 18.4 Å². The van der Waals surface area contributed by atoms with Crippen LogP contribution in [0.3, 0.4) is 0 Å². The molecule has 2 nitrogen and oxygen atoms in total. The number of ether oxygens (including phenoxy) is 1.